The molecule has 7 heteroatoms. The third-order valence-electron chi connectivity index (χ3n) is 3.78. The molecule has 3 rings (SSSR count). The first-order valence-electron chi connectivity index (χ1n) is 7.39. The Hall–Kier alpha value is -2.15. The lowest BCUT2D eigenvalue weighted by Gasteiger charge is -2.06. The van der Waals surface area contributed by atoms with Crippen LogP contribution in [0.1, 0.15) is 18.5 Å². The Morgan fingerprint density at radius 2 is 2.09 bits per heavy atom. The van der Waals surface area contributed by atoms with Crippen molar-refractivity contribution in [2.45, 2.75) is 19.4 Å². The number of hydrogen-bond acceptors (Lipinski definition) is 6. The molecule has 1 aromatic carbocycles. The summed E-state index contributed by atoms with van der Waals surface area (Å²) in [4.78, 5) is 11.8. The zero-order chi connectivity index (χ0) is 16.3. The third kappa shape index (κ3) is 4.19. The molecule has 1 atom stereocenters. The average Bonchev–Trinajstić information content (AvgIpc) is 3.13. The number of hydrogen-bond donors (Lipinski definition) is 0. The molecule has 1 fully saturated rings. The number of benzene rings is 1. The minimum atomic E-state index is -2.97. The summed E-state index contributed by atoms with van der Waals surface area (Å²) in [6, 6.07) is 11.2. The molecule has 1 aliphatic rings. The van der Waals surface area contributed by atoms with Crippen molar-refractivity contribution in [2.75, 3.05) is 11.5 Å². The molecule has 0 radical (unpaired) electrons. The number of nitrogens with zero attached hydrogens (tertiary/aromatic N) is 1. The van der Waals surface area contributed by atoms with Gasteiger partial charge in [-0.05, 0) is 12.3 Å². The molecular weight excluding hydrogens is 318 g/mol. The van der Waals surface area contributed by atoms with E-state index in [1.807, 2.05) is 30.3 Å². The fraction of sp³-hybridized carbons (Fsp3) is 0.375. The van der Waals surface area contributed by atoms with Gasteiger partial charge < -0.3 is 9.26 Å². The van der Waals surface area contributed by atoms with Crippen molar-refractivity contribution in [3.05, 3.63) is 42.1 Å². The summed E-state index contributed by atoms with van der Waals surface area (Å²) in [5, 5.41) is 3.87. The van der Waals surface area contributed by atoms with Crippen LogP contribution >= 0.6 is 0 Å². The number of sulfone groups is 1. The molecule has 0 spiro atoms. The fourth-order valence-corrected chi connectivity index (χ4v) is 4.46. The van der Waals surface area contributed by atoms with Gasteiger partial charge in [0.05, 0.1) is 11.5 Å². The van der Waals surface area contributed by atoms with E-state index in [0.717, 1.165) is 5.56 Å². The second-order valence-corrected chi connectivity index (χ2v) is 7.91. The van der Waals surface area contributed by atoms with Gasteiger partial charge in [-0.15, -0.1) is 0 Å². The zero-order valence-corrected chi connectivity index (χ0v) is 13.3. The van der Waals surface area contributed by atoms with E-state index in [2.05, 4.69) is 5.16 Å². The minimum Gasteiger partial charge on any atom is -0.459 e. The molecule has 0 bridgehead atoms. The van der Waals surface area contributed by atoms with Gasteiger partial charge in [0.25, 0.3) is 0 Å². The predicted octanol–water partition coefficient (Wildman–Crippen LogP) is 2.21. The van der Waals surface area contributed by atoms with E-state index in [1.54, 1.807) is 6.07 Å². The number of esters is 1. The Balaban J connectivity index is 1.51. The normalized spacial score (nSPS) is 19.6. The molecule has 0 N–H and O–H groups in total. The number of rotatable bonds is 5. The second-order valence-electron chi connectivity index (χ2n) is 5.68. The van der Waals surface area contributed by atoms with E-state index in [4.69, 9.17) is 9.26 Å². The van der Waals surface area contributed by atoms with Crippen LogP contribution in [0, 0.1) is 5.92 Å². The highest BCUT2D eigenvalue weighted by Crippen LogP contribution is 2.23. The van der Waals surface area contributed by atoms with Crippen molar-refractivity contribution >= 4 is 15.8 Å². The Bertz CT molecular complexity index is 782. The van der Waals surface area contributed by atoms with E-state index < -0.39 is 15.8 Å². The molecule has 2 aromatic rings. The summed E-state index contributed by atoms with van der Waals surface area (Å²) < 4.78 is 33.1. The Morgan fingerprint density at radius 3 is 2.78 bits per heavy atom. The van der Waals surface area contributed by atoms with Crippen LogP contribution < -0.4 is 0 Å². The largest absolute Gasteiger partial charge is 0.459 e. The number of ether oxygens (including phenoxy) is 1. The van der Waals surface area contributed by atoms with Gasteiger partial charge in [-0.3, -0.25) is 4.79 Å². The first-order chi connectivity index (χ1) is 11.0. The van der Waals surface area contributed by atoms with Gasteiger partial charge in [0.15, 0.2) is 15.6 Å². The van der Waals surface area contributed by atoms with Crippen molar-refractivity contribution in [1.29, 1.82) is 0 Å². The summed E-state index contributed by atoms with van der Waals surface area (Å²) >= 11 is 0. The standard InChI is InChI=1S/C16H17NO5S/c18-16(8-12-6-7-23(19,20)11-12)21-10-14-9-15(22-17-14)13-4-2-1-3-5-13/h1-5,9,12H,6-8,10-11H2/t12-/m1/s1. The molecule has 0 unspecified atom stereocenters. The van der Waals surface area contributed by atoms with Gasteiger partial charge in [0, 0.05) is 18.1 Å². The van der Waals surface area contributed by atoms with Crippen LogP contribution in [0.2, 0.25) is 0 Å². The van der Waals surface area contributed by atoms with E-state index in [9.17, 15) is 13.2 Å². The van der Waals surface area contributed by atoms with Crippen LogP contribution in [0.15, 0.2) is 40.9 Å². The Morgan fingerprint density at radius 1 is 1.30 bits per heavy atom. The quantitative estimate of drug-likeness (QED) is 0.779. The highest BCUT2D eigenvalue weighted by molar-refractivity contribution is 7.91. The summed E-state index contributed by atoms with van der Waals surface area (Å²) in [5.41, 5.74) is 1.42. The molecule has 1 aliphatic heterocycles. The van der Waals surface area contributed by atoms with Gasteiger partial charge in [0.2, 0.25) is 0 Å². The van der Waals surface area contributed by atoms with Crippen LogP contribution in [0.25, 0.3) is 11.3 Å². The number of carbonyl (C=O) groups excluding carboxylic acids is 1. The smallest absolute Gasteiger partial charge is 0.306 e. The molecule has 1 saturated heterocycles. The fourth-order valence-electron chi connectivity index (χ4n) is 2.60. The van der Waals surface area contributed by atoms with Crippen LogP contribution in [0.4, 0.5) is 0 Å². The minimum absolute atomic E-state index is 0.0225. The molecule has 23 heavy (non-hydrogen) atoms. The first-order valence-corrected chi connectivity index (χ1v) is 9.21. The summed E-state index contributed by atoms with van der Waals surface area (Å²) in [5.74, 6) is 0.304. The molecular formula is C16H17NO5S. The Kier molecular flexibility index (Phi) is 4.47. The molecule has 1 aromatic heterocycles. The van der Waals surface area contributed by atoms with Crippen LogP contribution in [-0.4, -0.2) is 31.0 Å². The molecule has 2 heterocycles. The maximum absolute atomic E-state index is 11.8. The van der Waals surface area contributed by atoms with E-state index in [0.29, 0.717) is 17.9 Å². The maximum atomic E-state index is 11.8. The highest BCUT2D eigenvalue weighted by Gasteiger charge is 2.29. The van der Waals surface area contributed by atoms with E-state index >= 15 is 0 Å². The molecule has 0 amide bonds. The lowest BCUT2D eigenvalue weighted by atomic mass is 10.1. The molecule has 0 saturated carbocycles. The molecule has 6 nitrogen and oxygen atoms in total. The van der Waals surface area contributed by atoms with E-state index in [1.165, 1.54) is 0 Å². The second kappa shape index (κ2) is 6.54. The SMILES string of the molecule is O=C(C[C@H]1CCS(=O)(=O)C1)OCc1cc(-c2ccccc2)on1. The topological polar surface area (TPSA) is 86.5 Å². The third-order valence-corrected chi connectivity index (χ3v) is 5.62. The number of carbonyl (C=O) groups is 1. The molecule has 122 valence electrons. The van der Waals surface area contributed by atoms with Crippen molar-refractivity contribution < 1.29 is 22.5 Å². The first kappa shape index (κ1) is 15.7. The summed E-state index contributed by atoms with van der Waals surface area (Å²) in [7, 11) is -2.97. The van der Waals surface area contributed by atoms with Crippen molar-refractivity contribution in [2.24, 2.45) is 5.92 Å². The lowest BCUT2D eigenvalue weighted by Crippen LogP contribution is -2.13. The average molecular weight is 335 g/mol. The molecule has 0 aliphatic carbocycles. The summed E-state index contributed by atoms with van der Waals surface area (Å²) in [6.07, 6.45) is 0.655. The van der Waals surface area contributed by atoms with Gasteiger partial charge in [0.1, 0.15) is 12.3 Å². The van der Waals surface area contributed by atoms with Crippen molar-refractivity contribution in [1.82, 2.24) is 5.16 Å². The monoisotopic (exact) mass is 335 g/mol. The zero-order valence-electron chi connectivity index (χ0n) is 12.5. The van der Waals surface area contributed by atoms with Crippen LogP contribution in [-0.2, 0) is 26.0 Å². The maximum Gasteiger partial charge on any atom is 0.306 e. The van der Waals surface area contributed by atoms with E-state index in [-0.39, 0.29) is 30.5 Å². The van der Waals surface area contributed by atoms with Crippen LogP contribution in [0.5, 0.6) is 0 Å². The van der Waals surface area contributed by atoms with Gasteiger partial charge in [-0.25, -0.2) is 8.42 Å². The lowest BCUT2D eigenvalue weighted by molar-refractivity contribution is -0.146. The van der Waals surface area contributed by atoms with Crippen molar-refractivity contribution in [3.63, 3.8) is 0 Å². The highest BCUT2D eigenvalue weighted by atomic mass is 32.2. The Labute approximate surface area is 134 Å². The number of aromatic nitrogens is 1. The predicted molar refractivity (Wildman–Crippen MR) is 83.1 cm³/mol. The van der Waals surface area contributed by atoms with Gasteiger partial charge in [-0.2, -0.15) is 0 Å². The van der Waals surface area contributed by atoms with Gasteiger partial charge >= 0.3 is 5.97 Å². The van der Waals surface area contributed by atoms with Gasteiger partial charge in [-0.1, -0.05) is 35.5 Å². The van der Waals surface area contributed by atoms with Crippen molar-refractivity contribution in [3.8, 4) is 11.3 Å². The van der Waals surface area contributed by atoms with Crippen LogP contribution in [0.3, 0.4) is 0 Å². The summed E-state index contributed by atoms with van der Waals surface area (Å²) in [6.45, 7) is 0.0225.